The normalized spacial score (nSPS) is 22.9. The van der Waals surface area contributed by atoms with Crippen LogP contribution in [-0.4, -0.2) is 36.6 Å². The maximum absolute atomic E-state index is 3.82. The van der Waals surface area contributed by atoms with E-state index in [1.54, 1.807) is 0 Å². The molecule has 2 unspecified atom stereocenters. The molecule has 2 nitrogen and oxygen atoms in total. The van der Waals surface area contributed by atoms with Crippen molar-refractivity contribution in [3.63, 3.8) is 0 Å². The molecule has 0 radical (unpaired) electrons. The Morgan fingerprint density at radius 2 is 1.71 bits per heavy atom. The van der Waals surface area contributed by atoms with Crippen LogP contribution in [0.15, 0.2) is 0 Å². The maximum atomic E-state index is 3.82. The molecule has 0 saturated carbocycles. The van der Waals surface area contributed by atoms with Crippen molar-refractivity contribution >= 4 is 0 Å². The Labute approximate surface area is 108 Å². The van der Waals surface area contributed by atoms with Gasteiger partial charge in [0.25, 0.3) is 0 Å². The molecule has 1 rings (SSSR count). The third-order valence-corrected chi connectivity index (χ3v) is 4.21. The van der Waals surface area contributed by atoms with Crippen molar-refractivity contribution in [2.24, 2.45) is 11.8 Å². The summed E-state index contributed by atoms with van der Waals surface area (Å²) in [6.07, 6.45) is 3.93. The number of hydrogen-bond donors (Lipinski definition) is 1. The van der Waals surface area contributed by atoms with E-state index in [0.717, 1.165) is 17.9 Å². The van der Waals surface area contributed by atoms with E-state index in [9.17, 15) is 0 Å². The average Bonchev–Trinajstić information content (AvgIpc) is 2.30. The van der Waals surface area contributed by atoms with Crippen LogP contribution in [-0.2, 0) is 0 Å². The first-order chi connectivity index (χ1) is 8.02. The van der Waals surface area contributed by atoms with E-state index < -0.39 is 0 Å². The Bertz CT molecular complexity index is 195. The van der Waals surface area contributed by atoms with Crippen LogP contribution < -0.4 is 5.32 Å². The Morgan fingerprint density at radius 1 is 1.12 bits per heavy atom. The van der Waals surface area contributed by atoms with Crippen LogP contribution in [0.4, 0.5) is 0 Å². The summed E-state index contributed by atoms with van der Waals surface area (Å²) in [5.41, 5.74) is 0. The van der Waals surface area contributed by atoms with Crippen LogP contribution in [0, 0.1) is 11.8 Å². The maximum Gasteiger partial charge on any atom is 0.00940 e. The second-order valence-electron chi connectivity index (χ2n) is 6.31. The zero-order valence-corrected chi connectivity index (χ0v) is 12.5. The molecule has 1 aliphatic heterocycles. The zero-order valence-electron chi connectivity index (χ0n) is 12.5. The van der Waals surface area contributed by atoms with E-state index in [4.69, 9.17) is 0 Å². The lowest BCUT2D eigenvalue weighted by molar-refractivity contribution is 0.169. The largest absolute Gasteiger partial charge is 0.311 e. The molecule has 0 spiro atoms. The van der Waals surface area contributed by atoms with Gasteiger partial charge in [-0.25, -0.2) is 0 Å². The highest BCUT2D eigenvalue weighted by molar-refractivity contribution is 4.81. The number of nitrogens with one attached hydrogen (secondary N) is 1. The summed E-state index contributed by atoms with van der Waals surface area (Å²) in [4.78, 5) is 2.62. The molecule has 2 heteroatoms. The lowest BCUT2D eigenvalue weighted by Gasteiger charge is -2.35. The smallest absolute Gasteiger partial charge is 0.00940 e. The molecule has 2 atom stereocenters. The van der Waals surface area contributed by atoms with Gasteiger partial charge < -0.3 is 10.2 Å². The van der Waals surface area contributed by atoms with Crippen molar-refractivity contribution in [1.29, 1.82) is 0 Å². The van der Waals surface area contributed by atoms with Gasteiger partial charge in [-0.05, 0) is 44.7 Å². The second-order valence-corrected chi connectivity index (χ2v) is 6.31. The highest BCUT2D eigenvalue weighted by Gasteiger charge is 2.21. The third-order valence-electron chi connectivity index (χ3n) is 4.21. The number of hydrogen-bond acceptors (Lipinski definition) is 2. The minimum absolute atomic E-state index is 0.668. The summed E-state index contributed by atoms with van der Waals surface area (Å²) in [6, 6.07) is 1.42. The summed E-state index contributed by atoms with van der Waals surface area (Å²) in [7, 11) is 0. The Kier molecular flexibility index (Phi) is 6.50. The fourth-order valence-corrected chi connectivity index (χ4v) is 2.69. The van der Waals surface area contributed by atoms with Crippen LogP contribution in [0.1, 0.15) is 53.9 Å². The van der Waals surface area contributed by atoms with Crippen LogP contribution in [0.3, 0.4) is 0 Å². The van der Waals surface area contributed by atoms with Gasteiger partial charge in [0.1, 0.15) is 0 Å². The summed E-state index contributed by atoms with van der Waals surface area (Å²) in [6.45, 7) is 15.4. The first kappa shape index (κ1) is 15.0. The summed E-state index contributed by atoms with van der Waals surface area (Å²) in [5.74, 6) is 1.60. The Morgan fingerprint density at radius 3 is 2.18 bits per heavy atom. The van der Waals surface area contributed by atoms with Gasteiger partial charge in [0.2, 0.25) is 0 Å². The van der Waals surface area contributed by atoms with Crippen molar-refractivity contribution < 1.29 is 0 Å². The number of nitrogens with zero attached hydrogens (tertiary/aromatic N) is 1. The molecule has 0 aromatic carbocycles. The predicted octanol–water partition coefficient (Wildman–Crippen LogP) is 3.13. The lowest BCUT2D eigenvalue weighted by Crippen LogP contribution is -2.47. The molecule has 0 aliphatic carbocycles. The molecule has 102 valence electrons. The third kappa shape index (κ3) is 5.39. The molecular formula is C15H32N2. The van der Waals surface area contributed by atoms with Gasteiger partial charge in [-0.2, -0.15) is 0 Å². The van der Waals surface area contributed by atoms with E-state index in [1.807, 2.05) is 0 Å². The minimum Gasteiger partial charge on any atom is -0.311 e. The minimum atomic E-state index is 0.668. The second kappa shape index (κ2) is 7.38. The van der Waals surface area contributed by atoms with Gasteiger partial charge in [0.15, 0.2) is 0 Å². The van der Waals surface area contributed by atoms with Crippen molar-refractivity contribution in [1.82, 2.24) is 10.2 Å². The molecule has 1 heterocycles. The standard InChI is InChI=1S/C15H32N2/c1-6-13(4)14(5)16-15-7-9-17(10-8-15)11-12(2)3/h12-16H,6-11H2,1-5H3. The van der Waals surface area contributed by atoms with Crippen LogP contribution in [0.5, 0.6) is 0 Å². The lowest BCUT2D eigenvalue weighted by atomic mass is 9.97. The molecule has 0 aromatic heterocycles. The summed E-state index contributed by atoms with van der Waals surface area (Å²) in [5, 5.41) is 3.82. The summed E-state index contributed by atoms with van der Waals surface area (Å²) >= 11 is 0. The van der Waals surface area contributed by atoms with Gasteiger partial charge in [-0.1, -0.05) is 34.1 Å². The van der Waals surface area contributed by atoms with Gasteiger partial charge in [0, 0.05) is 18.6 Å². The first-order valence-electron chi connectivity index (χ1n) is 7.51. The molecule has 17 heavy (non-hydrogen) atoms. The van der Waals surface area contributed by atoms with Crippen LogP contribution in [0.25, 0.3) is 0 Å². The number of piperidine rings is 1. The summed E-state index contributed by atoms with van der Waals surface area (Å²) < 4.78 is 0. The molecular weight excluding hydrogens is 208 g/mol. The quantitative estimate of drug-likeness (QED) is 0.767. The molecule has 0 amide bonds. The highest BCUT2D eigenvalue weighted by atomic mass is 15.1. The van der Waals surface area contributed by atoms with Crippen LogP contribution >= 0.6 is 0 Å². The Balaban J connectivity index is 2.23. The SMILES string of the molecule is CCC(C)C(C)NC1CCN(CC(C)C)CC1. The predicted molar refractivity (Wildman–Crippen MR) is 76.4 cm³/mol. The topological polar surface area (TPSA) is 15.3 Å². The van der Waals surface area contributed by atoms with E-state index in [1.165, 1.54) is 38.9 Å². The molecule has 1 N–H and O–H groups in total. The highest BCUT2D eigenvalue weighted by Crippen LogP contribution is 2.15. The van der Waals surface area contributed by atoms with E-state index >= 15 is 0 Å². The number of rotatable bonds is 6. The monoisotopic (exact) mass is 240 g/mol. The molecule has 0 aromatic rings. The van der Waals surface area contributed by atoms with Crippen molar-refractivity contribution in [3.8, 4) is 0 Å². The first-order valence-corrected chi connectivity index (χ1v) is 7.51. The fraction of sp³-hybridized carbons (Fsp3) is 1.00. The van der Waals surface area contributed by atoms with Gasteiger partial charge in [-0.3, -0.25) is 0 Å². The van der Waals surface area contributed by atoms with Gasteiger partial charge >= 0.3 is 0 Å². The van der Waals surface area contributed by atoms with Gasteiger partial charge in [0.05, 0.1) is 0 Å². The molecule has 1 aliphatic rings. The zero-order chi connectivity index (χ0) is 12.8. The van der Waals surface area contributed by atoms with Crippen LogP contribution in [0.2, 0.25) is 0 Å². The average molecular weight is 240 g/mol. The van der Waals surface area contributed by atoms with Crippen molar-refractivity contribution in [3.05, 3.63) is 0 Å². The van der Waals surface area contributed by atoms with Crippen molar-refractivity contribution in [2.75, 3.05) is 19.6 Å². The molecule has 1 saturated heterocycles. The van der Waals surface area contributed by atoms with E-state index in [2.05, 4.69) is 44.8 Å². The van der Waals surface area contributed by atoms with E-state index in [0.29, 0.717) is 6.04 Å². The molecule has 0 bridgehead atoms. The Hall–Kier alpha value is -0.0800. The van der Waals surface area contributed by atoms with Gasteiger partial charge in [-0.15, -0.1) is 0 Å². The number of likely N-dealkylation sites (tertiary alicyclic amines) is 1. The fourth-order valence-electron chi connectivity index (χ4n) is 2.69. The molecule has 1 fully saturated rings. The van der Waals surface area contributed by atoms with Crippen molar-refractivity contribution in [2.45, 2.75) is 66.0 Å². The van der Waals surface area contributed by atoms with E-state index in [-0.39, 0.29) is 0 Å².